The molecule has 0 heterocycles. The maximum Gasteiger partial charge on any atom is 0.310 e. The number of carbonyl (C=O) groups excluding carboxylic acids is 1. The molecule has 0 aliphatic heterocycles. The molecule has 0 aliphatic carbocycles. The fourth-order valence-electron chi connectivity index (χ4n) is 1.29. The third-order valence-electron chi connectivity index (χ3n) is 2.13. The van der Waals surface area contributed by atoms with Gasteiger partial charge in [-0.2, -0.15) is 0 Å². The van der Waals surface area contributed by atoms with Crippen molar-refractivity contribution >= 4 is 28.6 Å². The Balaban J connectivity index is 3.08. The van der Waals surface area contributed by atoms with E-state index in [2.05, 4.69) is 27.3 Å². The van der Waals surface area contributed by atoms with E-state index >= 15 is 0 Å². The Morgan fingerprint density at radius 2 is 1.94 bits per heavy atom. The molecule has 0 spiro atoms. The first kappa shape index (κ1) is 13.1. The molecule has 0 aromatic heterocycles. The summed E-state index contributed by atoms with van der Waals surface area (Å²) in [4.78, 5) is 11.2. The molecule has 88 valence electrons. The minimum atomic E-state index is -0.273. The Hall–Kier alpha value is -0.980. The number of hydrogen-bond donors (Lipinski definition) is 0. The number of methoxy groups -OCH3 is 3. The van der Waals surface area contributed by atoms with E-state index in [0.717, 1.165) is 9.13 Å². The van der Waals surface area contributed by atoms with E-state index in [1.54, 1.807) is 20.3 Å². The van der Waals surface area contributed by atoms with Crippen LogP contribution in [0.4, 0.5) is 0 Å². The van der Waals surface area contributed by atoms with Gasteiger partial charge in [0.25, 0.3) is 0 Å². The number of hydrogen-bond acceptors (Lipinski definition) is 4. The van der Waals surface area contributed by atoms with Crippen LogP contribution in [-0.2, 0) is 16.0 Å². The molecule has 4 nitrogen and oxygen atoms in total. The van der Waals surface area contributed by atoms with Crippen LogP contribution >= 0.6 is 22.6 Å². The third-order valence-corrected chi connectivity index (χ3v) is 3.31. The molecular weight excluding hydrogens is 323 g/mol. The van der Waals surface area contributed by atoms with E-state index < -0.39 is 0 Å². The van der Waals surface area contributed by atoms with E-state index in [0.29, 0.717) is 11.5 Å². The van der Waals surface area contributed by atoms with Crippen molar-refractivity contribution in [3.63, 3.8) is 0 Å². The van der Waals surface area contributed by atoms with Crippen LogP contribution in [0.3, 0.4) is 0 Å². The summed E-state index contributed by atoms with van der Waals surface area (Å²) in [6.07, 6.45) is 0.231. The first-order valence-electron chi connectivity index (χ1n) is 4.60. The van der Waals surface area contributed by atoms with Gasteiger partial charge in [0.05, 0.1) is 31.3 Å². The van der Waals surface area contributed by atoms with Gasteiger partial charge >= 0.3 is 5.97 Å². The van der Waals surface area contributed by atoms with Gasteiger partial charge in [0, 0.05) is 0 Å². The number of benzene rings is 1. The second-order valence-corrected chi connectivity index (χ2v) is 4.11. The predicted octanol–water partition coefficient (Wildman–Crippen LogP) is 2.02. The van der Waals surface area contributed by atoms with Gasteiger partial charge in [-0.15, -0.1) is 0 Å². The highest BCUT2D eigenvalue weighted by molar-refractivity contribution is 14.1. The smallest absolute Gasteiger partial charge is 0.310 e. The van der Waals surface area contributed by atoms with Crippen LogP contribution in [0.5, 0.6) is 11.5 Å². The molecule has 0 bridgehead atoms. The molecule has 5 heteroatoms. The van der Waals surface area contributed by atoms with E-state index in [1.165, 1.54) is 7.11 Å². The average molecular weight is 336 g/mol. The summed E-state index contributed by atoms with van der Waals surface area (Å²) in [5.41, 5.74) is 0.866. The average Bonchev–Trinajstić information content (AvgIpc) is 2.31. The minimum Gasteiger partial charge on any atom is -0.493 e. The van der Waals surface area contributed by atoms with Crippen molar-refractivity contribution in [1.82, 2.24) is 0 Å². The molecule has 0 radical (unpaired) electrons. The molecule has 0 aliphatic rings. The van der Waals surface area contributed by atoms with E-state index in [9.17, 15) is 4.79 Å². The van der Waals surface area contributed by atoms with E-state index in [1.807, 2.05) is 6.07 Å². The fraction of sp³-hybridized carbons (Fsp3) is 0.364. The lowest BCUT2D eigenvalue weighted by molar-refractivity contribution is -0.139. The Morgan fingerprint density at radius 1 is 1.25 bits per heavy atom. The summed E-state index contributed by atoms with van der Waals surface area (Å²) in [5, 5.41) is 0. The second kappa shape index (κ2) is 5.93. The quantitative estimate of drug-likeness (QED) is 0.623. The molecule has 0 unspecified atom stereocenters. The van der Waals surface area contributed by atoms with Crippen molar-refractivity contribution < 1.29 is 19.0 Å². The van der Waals surface area contributed by atoms with Gasteiger partial charge in [-0.05, 0) is 34.2 Å². The van der Waals surface area contributed by atoms with Crippen LogP contribution in [0.2, 0.25) is 0 Å². The SMILES string of the molecule is COC(=O)Cc1ccc(OC)c(OC)c1I. The van der Waals surface area contributed by atoms with Crippen LogP contribution in [0.25, 0.3) is 0 Å². The predicted molar refractivity (Wildman–Crippen MR) is 68.0 cm³/mol. The van der Waals surface area contributed by atoms with Crippen LogP contribution in [-0.4, -0.2) is 27.3 Å². The summed E-state index contributed by atoms with van der Waals surface area (Å²) < 4.78 is 15.9. The highest BCUT2D eigenvalue weighted by atomic mass is 127. The maximum absolute atomic E-state index is 11.2. The molecule has 0 amide bonds. The number of halogens is 1. The minimum absolute atomic E-state index is 0.231. The van der Waals surface area contributed by atoms with Crippen LogP contribution in [0.1, 0.15) is 5.56 Å². The van der Waals surface area contributed by atoms with Gasteiger partial charge in [-0.25, -0.2) is 0 Å². The Labute approximate surface area is 108 Å². The van der Waals surface area contributed by atoms with Crippen molar-refractivity contribution in [3.05, 3.63) is 21.3 Å². The summed E-state index contributed by atoms with van der Waals surface area (Å²) in [6, 6.07) is 3.61. The molecule has 0 fully saturated rings. The molecule has 0 N–H and O–H groups in total. The lowest BCUT2D eigenvalue weighted by Crippen LogP contribution is -2.07. The summed E-state index contributed by atoms with van der Waals surface area (Å²) >= 11 is 2.13. The van der Waals surface area contributed by atoms with Gasteiger partial charge in [0.15, 0.2) is 11.5 Å². The molecule has 1 rings (SSSR count). The van der Waals surface area contributed by atoms with Crippen molar-refractivity contribution in [1.29, 1.82) is 0 Å². The van der Waals surface area contributed by atoms with E-state index in [4.69, 9.17) is 9.47 Å². The molecule has 0 atom stereocenters. The maximum atomic E-state index is 11.2. The lowest BCUT2D eigenvalue weighted by Gasteiger charge is -2.12. The van der Waals surface area contributed by atoms with Crippen molar-refractivity contribution in [2.24, 2.45) is 0 Å². The molecule has 0 saturated heterocycles. The Bertz CT molecular complexity index is 390. The first-order chi connectivity index (χ1) is 7.63. The Morgan fingerprint density at radius 3 is 2.44 bits per heavy atom. The highest BCUT2D eigenvalue weighted by Gasteiger charge is 2.14. The molecule has 16 heavy (non-hydrogen) atoms. The molecular formula is C11H13IO4. The van der Waals surface area contributed by atoms with Gasteiger partial charge in [-0.1, -0.05) is 6.07 Å². The second-order valence-electron chi connectivity index (χ2n) is 3.03. The van der Waals surface area contributed by atoms with Crippen molar-refractivity contribution in [2.75, 3.05) is 21.3 Å². The zero-order chi connectivity index (χ0) is 12.1. The first-order valence-corrected chi connectivity index (χ1v) is 5.68. The third kappa shape index (κ3) is 2.78. The van der Waals surface area contributed by atoms with Gasteiger partial charge in [0.2, 0.25) is 0 Å². The largest absolute Gasteiger partial charge is 0.493 e. The summed E-state index contributed by atoms with van der Waals surface area (Å²) in [6.45, 7) is 0. The number of rotatable bonds is 4. The molecule has 0 saturated carbocycles. The highest BCUT2D eigenvalue weighted by Crippen LogP contribution is 2.34. The number of ether oxygens (including phenoxy) is 3. The van der Waals surface area contributed by atoms with Crippen LogP contribution in [0.15, 0.2) is 12.1 Å². The summed E-state index contributed by atoms with van der Waals surface area (Å²) in [7, 11) is 4.52. The van der Waals surface area contributed by atoms with E-state index in [-0.39, 0.29) is 12.4 Å². The zero-order valence-electron chi connectivity index (χ0n) is 9.37. The zero-order valence-corrected chi connectivity index (χ0v) is 11.5. The number of carbonyl (C=O) groups is 1. The van der Waals surface area contributed by atoms with Gasteiger partial charge in [-0.3, -0.25) is 4.79 Å². The summed E-state index contributed by atoms with van der Waals surface area (Å²) in [5.74, 6) is 1.02. The van der Waals surface area contributed by atoms with Gasteiger partial charge < -0.3 is 14.2 Å². The molecule has 1 aromatic rings. The standard InChI is InChI=1S/C11H13IO4/c1-14-8-5-4-7(6-9(13)15-2)10(12)11(8)16-3/h4-5H,6H2,1-3H3. The van der Waals surface area contributed by atoms with Gasteiger partial charge in [0.1, 0.15) is 0 Å². The lowest BCUT2D eigenvalue weighted by atomic mass is 10.1. The van der Waals surface area contributed by atoms with Crippen LogP contribution < -0.4 is 9.47 Å². The normalized spacial score (nSPS) is 9.75. The molecule has 1 aromatic carbocycles. The van der Waals surface area contributed by atoms with Crippen molar-refractivity contribution in [3.8, 4) is 11.5 Å². The Kier molecular flexibility index (Phi) is 4.85. The monoisotopic (exact) mass is 336 g/mol. The van der Waals surface area contributed by atoms with Crippen LogP contribution in [0, 0.1) is 3.57 Å². The van der Waals surface area contributed by atoms with Crippen molar-refractivity contribution in [2.45, 2.75) is 6.42 Å². The fourth-order valence-corrected chi connectivity index (χ4v) is 2.15. The topological polar surface area (TPSA) is 44.8 Å². The number of esters is 1.